The van der Waals surface area contributed by atoms with Crippen molar-refractivity contribution in [2.24, 2.45) is 5.73 Å². The Labute approximate surface area is 107 Å². The van der Waals surface area contributed by atoms with Crippen LogP contribution >= 0.6 is 11.6 Å². The lowest BCUT2D eigenvalue weighted by Crippen LogP contribution is -2.36. The third-order valence-corrected chi connectivity index (χ3v) is 3.75. The molecule has 0 saturated carbocycles. The molecule has 1 aromatic carbocycles. The molecular weight excluding hydrogens is 236 g/mol. The first-order valence-electron chi connectivity index (χ1n) is 6.01. The molecule has 0 radical (unpaired) electrons. The highest BCUT2D eigenvalue weighted by atomic mass is 35.5. The minimum atomic E-state index is 0.407. The number of methoxy groups -OCH3 is 1. The Bertz CT molecular complexity index is 376. The van der Waals surface area contributed by atoms with Crippen molar-refractivity contribution >= 4 is 17.3 Å². The maximum atomic E-state index is 6.17. The average Bonchev–Trinajstić information content (AvgIpc) is 2.39. The fourth-order valence-corrected chi connectivity index (χ4v) is 2.50. The van der Waals surface area contributed by atoms with Crippen molar-refractivity contribution in [2.75, 3.05) is 25.1 Å². The third kappa shape index (κ3) is 2.92. The van der Waals surface area contributed by atoms with E-state index in [-0.39, 0.29) is 0 Å². The molecule has 17 heavy (non-hydrogen) atoms. The first-order chi connectivity index (χ1) is 8.24. The van der Waals surface area contributed by atoms with E-state index in [1.165, 1.54) is 5.69 Å². The monoisotopic (exact) mass is 254 g/mol. The van der Waals surface area contributed by atoms with Gasteiger partial charge in [0.05, 0.1) is 6.10 Å². The lowest BCUT2D eigenvalue weighted by atomic mass is 10.1. The Hall–Kier alpha value is -0.770. The zero-order valence-corrected chi connectivity index (χ0v) is 10.9. The molecule has 0 amide bonds. The molecule has 0 aliphatic carbocycles. The summed E-state index contributed by atoms with van der Waals surface area (Å²) in [5.41, 5.74) is 7.79. The van der Waals surface area contributed by atoms with Crippen LogP contribution in [0.5, 0.6) is 0 Å². The largest absolute Gasteiger partial charge is 0.381 e. The van der Waals surface area contributed by atoms with Crippen molar-refractivity contribution < 1.29 is 4.74 Å². The number of anilines is 1. The van der Waals surface area contributed by atoms with Crippen molar-refractivity contribution in [3.8, 4) is 0 Å². The molecule has 1 fully saturated rings. The Morgan fingerprint density at radius 2 is 2.12 bits per heavy atom. The number of nitrogens with two attached hydrogens (primary N) is 1. The summed E-state index contributed by atoms with van der Waals surface area (Å²) >= 11 is 6.17. The quantitative estimate of drug-likeness (QED) is 0.900. The summed E-state index contributed by atoms with van der Waals surface area (Å²) < 4.78 is 5.37. The number of benzene rings is 1. The maximum absolute atomic E-state index is 6.17. The summed E-state index contributed by atoms with van der Waals surface area (Å²) in [5, 5.41) is 0.763. The van der Waals surface area contributed by atoms with Gasteiger partial charge < -0.3 is 15.4 Å². The predicted molar refractivity (Wildman–Crippen MR) is 71.6 cm³/mol. The van der Waals surface area contributed by atoms with Gasteiger partial charge in [0.25, 0.3) is 0 Å². The lowest BCUT2D eigenvalue weighted by molar-refractivity contribution is 0.0819. The number of ether oxygens (including phenoxy) is 1. The van der Waals surface area contributed by atoms with E-state index in [4.69, 9.17) is 22.1 Å². The molecule has 4 heteroatoms. The highest BCUT2D eigenvalue weighted by Crippen LogP contribution is 2.26. The van der Waals surface area contributed by atoms with Crippen LogP contribution in [0, 0.1) is 0 Å². The van der Waals surface area contributed by atoms with E-state index in [1.54, 1.807) is 7.11 Å². The SMILES string of the molecule is COC1CCN(c2ccc(CN)c(Cl)c2)CC1. The predicted octanol–water partition coefficient (Wildman–Crippen LogP) is 2.41. The summed E-state index contributed by atoms with van der Waals surface area (Å²) in [4.78, 5) is 2.35. The summed E-state index contributed by atoms with van der Waals surface area (Å²) in [6.07, 6.45) is 2.56. The zero-order chi connectivity index (χ0) is 12.3. The fraction of sp³-hybridized carbons (Fsp3) is 0.538. The minimum Gasteiger partial charge on any atom is -0.381 e. The zero-order valence-electron chi connectivity index (χ0n) is 10.2. The van der Waals surface area contributed by atoms with Gasteiger partial charge in [0, 0.05) is 37.5 Å². The second-order valence-electron chi connectivity index (χ2n) is 4.40. The van der Waals surface area contributed by atoms with Crippen LogP contribution in [0.15, 0.2) is 18.2 Å². The topological polar surface area (TPSA) is 38.5 Å². The fourth-order valence-electron chi connectivity index (χ4n) is 2.25. The van der Waals surface area contributed by atoms with Crippen molar-refractivity contribution in [2.45, 2.75) is 25.5 Å². The molecule has 0 unspecified atom stereocenters. The minimum absolute atomic E-state index is 0.407. The molecule has 1 aliphatic rings. The molecule has 0 bridgehead atoms. The molecule has 0 atom stereocenters. The van der Waals surface area contributed by atoms with Gasteiger partial charge in [-0.3, -0.25) is 0 Å². The van der Waals surface area contributed by atoms with E-state index in [0.717, 1.165) is 36.5 Å². The van der Waals surface area contributed by atoms with Crippen LogP contribution < -0.4 is 10.6 Å². The van der Waals surface area contributed by atoms with Crippen molar-refractivity contribution in [3.63, 3.8) is 0 Å². The summed E-state index contributed by atoms with van der Waals surface area (Å²) in [5.74, 6) is 0. The summed E-state index contributed by atoms with van der Waals surface area (Å²) in [7, 11) is 1.78. The van der Waals surface area contributed by atoms with E-state index in [1.807, 2.05) is 12.1 Å². The van der Waals surface area contributed by atoms with Crippen molar-refractivity contribution in [3.05, 3.63) is 28.8 Å². The van der Waals surface area contributed by atoms with Gasteiger partial charge in [0.2, 0.25) is 0 Å². The van der Waals surface area contributed by atoms with E-state index >= 15 is 0 Å². The van der Waals surface area contributed by atoms with E-state index in [9.17, 15) is 0 Å². The van der Waals surface area contributed by atoms with E-state index in [0.29, 0.717) is 12.6 Å². The second-order valence-corrected chi connectivity index (χ2v) is 4.81. The highest BCUT2D eigenvalue weighted by molar-refractivity contribution is 6.31. The number of nitrogens with zero attached hydrogens (tertiary/aromatic N) is 1. The Kier molecular flexibility index (Phi) is 4.26. The summed E-state index contributed by atoms with van der Waals surface area (Å²) in [6.45, 7) is 2.54. The standard InChI is InChI=1S/C13H19ClN2O/c1-17-12-4-6-16(7-5-12)11-3-2-10(9-15)13(14)8-11/h2-3,8,12H,4-7,9,15H2,1H3. The molecule has 1 heterocycles. The van der Waals surface area contributed by atoms with Gasteiger partial charge in [-0.2, -0.15) is 0 Å². The molecule has 1 aliphatic heterocycles. The first kappa shape index (κ1) is 12.7. The van der Waals surface area contributed by atoms with Crippen LogP contribution in [0.25, 0.3) is 0 Å². The first-order valence-corrected chi connectivity index (χ1v) is 6.38. The van der Waals surface area contributed by atoms with Crippen molar-refractivity contribution in [1.29, 1.82) is 0 Å². The molecule has 3 nitrogen and oxygen atoms in total. The van der Waals surface area contributed by atoms with Gasteiger partial charge in [-0.1, -0.05) is 17.7 Å². The van der Waals surface area contributed by atoms with E-state index in [2.05, 4.69) is 11.0 Å². The Morgan fingerprint density at radius 1 is 1.41 bits per heavy atom. The van der Waals surface area contributed by atoms with Crippen LogP contribution in [0.2, 0.25) is 5.02 Å². The smallest absolute Gasteiger partial charge is 0.0605 e. The number of hydrogen-bond donors (Lipinski definition) is 1. The normalized spacial score (nSPS) is 17.5. The number of piperidine rings is 1. The van der Waals surface area contributed by atoms with Gasteiger partial charge in [0.1, 0.15) is 0 Å². The second kappa shape index (κ2) is 5.71. The molecule has 94 valence electrons. The van der Waals surface area contributed by atoms with Gasteiger partial charge in [-0.15, -0.1) is 0 Å². The molecular formula is C13H19ClN2O. The highest BCUT2D eigenvalue weighted by Gasteiger charge is 2.19. The molecule has 2 N–H and O–H groups in total. The molecule has 1 aromatic rings. The number of hydrogen-bond acceptors (Lipinski definition) is 3. The van der Waals surface area contributed by atoms with Crippen LogP contribution in [0.1, 0.15) is 18.4 Å². The van der Waals surface area contributed by atoms with Gasteiger partial charge >= 0.3 is 0 Å². The third-order valence-electron chi connectivity index (χ3n) is 3.40. The van der Waals surface area contributed by atoms with Gasteiger partial charge in [-0.05, 0) is 30.5 Å². The molecule has 1 saturated heterocycles. The van der Waals surface area contributed by atoms with Crippen LogP contribution in [0.3, 0.4) is 0 Å². The van der Waals surface area contributed by atoms with Crippen LogP contribution in [-0.4, -0.2) is 26.3 Å². The van der Waals surface area contributed by atoms with Gasteiger partial charge in [-0.25, -0.2) is 0 Å². The summed E-state index contributed by atoms with van der Waals surface area (Å²) in [6, 6.07) is 6.12. The lowest BCUT2D eigenvalue weighted by Gasteiger charge is -2.33. The molecule has 0 spiro atoms. The Morgan fingerprint density at radius 3 is 2.65 bits per heavy atom. The van der Waals surface area contributed by atoms with Crippen LogP contribution in [-0.2, 0) is 11.3 Å². The maximum Gasteiger partial charge on any atom is 0.0605 e. The molecule has 0 aromatic heterocycles. The Balaban J connectivity index is 2.06. The number of rotatable bonds is 3. The van der Waals surface area contributed by atoms with Crippen molar-refractivity contribution in [1.82, 2.24) is 0 Å². The van der Waals surface area contributed by atoms with E-state index < -0.39 is 0 Å². The number of halogens is 1. The van der Waals surface area contributed by atoms with Gasteiger partial charge in [0.15, 0.2) is 0 Å². The molecule has 2 rings (SSSR count). The van der Waals surface area contributed by atoms with Crippen LogP contribution in [0.4, 0.5) is 5.69 Å². The average molecular weight is 255 g/mol.